The van der Waals surface area contributed by atoms with E-state index in [1.807, 2.05) is 34.0 Å². The van der Waals surface area contributed by atoms with Gasteiger partial charge in [-0.1, -0.05) is 0 Å². The summed E-state index contributed by atoms with van der Waals surface area (Å²) in [5, 5.41) is 3.99. The van der Waals surface area contributed by atoms with Gasteiger partial charge in [-0.25, -0.2) is 0 Å². The Morgan fingerprint density at radius 1 is 1.48 bits per heavy atom. The van der Waals surface area contributed by atoms with Crippen LogP contribution in [0.1, 0.15) is 27.5 Å². The number of amides is 1. The molecule has 2 aromatic heterocycles. The van der Waals surface area contributed by atoms with Gasteiger partial charge in [-0.15, -0.1) is 11.3 Å². The molecule has 0 saturated heterocycles. The van der Waals surface area contributed by atoms with Crippen molar-refractivity contribution in [1.29, 1.82) is 0 Å². The lowest BCUT2D eigenvalue weighted by atomic mass is 10.2. The molecule has 2 aromatic rings. The number of hydrogen-bond acceptors (Lipinski definition) is 5. The van der Waals surface area contributed by atoms with E-state index in [0.29, 0.717) is 17.1 Å². The van der Waals surface area contributed by atoms with E-state index < -0.39 is 0 Å². The molecule has 0 fully saturated rings. The van der Waals surface area contributed by atoms with E-state index >= 15 is 0 Å². The number of nitrogen functional groups attached to an aromatic ring is 1. The lowest BCUT2D eigenvalue weighted by Crippen LogP contribution is -2.29. The molecule has 0 bridgehead atoms. The smallest absolute Gasteiger partial charge is 0.265 e. The van der Waals surface area contributed by atoms with Gasteiger partial charge < -0.3 is 16.0 Å². The van der Waals surface area contributed by atoms with Crippen molar-refractivity contribution in [3.63, 3.8) is 0 Å². The molecular weight excluding hydrogens is 284 g/mol. The highest BCUT2D eigenvalue weighted by atomic mass is 32.1. The van der Waals surface area contributed by atoms with Gasteiger partial charge in [0.25, 0.3) is 5.91 Å². The first kappa shape index (κ1) is 15.7. The van der Waals surface area contributed by atoms with Crippen LogP contribution in [0.4, 0.5) is 5.69 Å². The number of hydrogen-bond donors (Lipinski definition) is 2. The third-order valence-corrected chi connectivity index (χ3v) is 4.62. The van der Waals surface area contributed by atoms with Crippen LogP contribution < -0.4 is 11.1 Å². The highest BCUT2D eigenvalue weighted by Crippen LogP contribution is 2.36. The van der Waals surface area contributed by atoms with Crippen LogP contribution in [-0.2, 0) is 0 Å². The fourth-order valence-electron chi connectivity index (χ4n) is 2.41. The van der Waals surface area contributed by atoms with Crippen LogP contribution in [0.5, 0.6) is 0 Å². The molecule has 0 spiro atoms. The third-order valence-electron chi connectivity index (χ3n) is 3.48. The summed E-state index contributed by atoms with van der Waals surface area (Å²) in [5.74, 6) is -0.0122. The molecule has 3 N–H and O–H groups in total. The van der Waals surface area contributed by atoms with Gasteiger partial charge >= 0.3 is 0 Å². The van der Waals surface area contributed by atoms with Crippen LogP contribution in [0.3, 0.4) is 0 Å². The molecule has 2 heterocycles. The van der Waals surface area contributed by atoms with Crippen molar-refractivity contribution in [2.45, 2.75) is 20.3 Å². The van der Waals surface area contributed by atoms with Crippen LogP contribution >= 0.6 is 11.3 Å². The van der Waals surface area contributed by atoms with Crippen LogP contribution in [0.25, 0.3) is 10.1 Å². The molecule has 0 aliphatic rings. The number of aryl methyl sites for hydroxylation is 2. The number of carbonyl (C=O) groups is 1. The van der Waals surface area contributed by atoms with E-state index in [2.05, 4.69) is 10.3 Å². The number of aromatic nitrogens is 1. The molecule has 0 radical (unpaired) electrons. The summed E-state index contributed by atoms with van der Waals surface area (Å²) in [6.07, 6.45) is 0.920. The molecule has 21 heavy (non-hydrogen) atoms. The zero-order valence-corrected chi connectivity index (χ0v) is 13.8. The Morgan fingerprint density at radius 2 is 2.19 bits per heavy atom. The minimum absolute atomic E-state index is 0.0122. The molecule has 5 nitrogen and oxygen atoms in total. The number of nitrogens with two attached hydrogens (primary N) is 1. The van der Waals surface area contributed by atoms with Gasteiger partial charge in [0.15, 0.2) is 0 Å². The SMILES string of the molecule is CNCCCN(C)C(=O)c1sc2cc(C)nc(C)c2c1N. The molecule has 0 atom stereocenters. The standard InChI is InChI=1S/C15H22N4OS/c1-9-8-11-12(10(2)18-9)13(16)14(21-11)15(20)19(4)7-5-6-17-3/h8,17H,5-7,16H2,1-4H3. The first-order chi connectivity index (χ1) is 9.95. The second kappa shape index (κ2) is 6.41. The van der Waals surface area contributed by atoms with Crippen molar-refractivity contribution < 1.29 is 4.79 Å². The van der Waals surface area contributed by atoms with Gasteiger partial charge in [-0.05, 0) is 39.9 Å². The maximum atomic E-state index is 12.5. The quantitative estimate of drug-likeness (QED) is 0.831. The predicted molar refractivity (Wildman–Crippen MR) is 89.0 cm³/mol. The van der Waals surface area contributed by atoms with Gasteiger partial charge in [0.05, 0.1) is 5.69 Å². The molecule has 0 saturated carbocycles. The van der Waals surface area contributed by atoms with Gasteiger partial charge in [0.1, 0.15) is 4.88 Å². The van der Waals surface area contributed by atoms with E-state index in [-0.39, 0.29) is 5.91 Å². The molecule has 0 aromatic carbocycles. The summed E-state index contributed by atoms with van der Waals surface area (Å²) in [7, 11) is 3.72. The third kappa shape index (κ3) is 3.16. The Labute approximate surface area is 129 Å². The molecule has 114 valence electrons. The lowest BCUT2D eigenvalue weighted by molar-refractivity contribution is 0.0799. The number of nitrogens with zero attached hydrogens (tertiary/aromatic N) is 2. The number of rotatable bonds is 5. The van der Waals surface area contributed by atoms with Crippen molar-refractivity contribution in [1.82, 2.24) is 15.2 Å². The summed E-state index contributed by atoms with van der Waals surface area (Å²) in [5.41, 5.74) is 8.59. The van der Waals surface area contributed by atoms with Gasteiger partial charge in [0, 0.05) is 35.1 Å². The first-order valence-corrected chi connectivity index (χ1v) is 7.83. The number of thiophene rings is 1. The highest BCUT2D eigenvalue weighted by molar-refractivity contribution is 7.21. The van der Waals surface area contributed by atoms with E-state index in [4.69, 9.17) is 5.73 Å². The molecule has 0 aliphatic carbocycles. The average molecular weight is 306 g/mol. The monoisotopic (exact) mass is 306 g/mol. The fourth-order valence-corrected chi connectivity index (χ4v) is 3.67. The first-order valence-electron chi connectivity index (χ1n) is 7.02. The summed E-state index contributed by atoms with van der Waals surface area (Å²) >= 11 is 1.46. The molecule has 6 heteroatoms. The van der Waals surface area contributed by atoms with Crippen molar-refractivity contribution in [3.8, 4) is 0 Å². The van der Waals surface area contributed by atoms with Gasteiger partial charge in [0.2, 0.25) is 0 Å². The zero-order chi connectivity index (χ0) is 15.6. The molecule has 1 amide bonds. The highest BCUT2D eigenvalue weighted by Gasteiger charge is 2.21. The van der Waals surface area contributed by atoms with Crippen molar-refractivity contribution >= 4 is 33.0 Å². The summed E-state index contributed by atoms with van der Waals surface area (Å²) in [6, 6.07) is 1.99. The van der Waals surface area contributed by atoms with Crippen LogP contribution in [0, 0.1) is 13.8 Å². The summed E-state index contributed by atoms with van der Waals surface area (Å²) in [4.78, 5) is 19.3. The number of fused-ring (bicyclic) bond motifs is 1. The van der Waals surface area contributed by atoms with E-state index in [0.717, 1.165) is 34.4 Å². The number of pyridine rings is 1. The topological polar surface area (TPSA) is 71.2 Å². The average Bonchev–Trinajstić information content (AvgIpc) is 2.75. The van der Waals surface area contributed by atoms with E-state index in [9.17, 15) is 4.79 Å². The molecular formula is C15H22N4OS. The second-order valence-electron chi connectivity index (χ2n) is 5.25. The zero-order valence-electron chi connectivity index (χ0n) is 13.0. The Bertz CT molecular complexity index is 665. The number of carbonyl (C=O) groups excluding carboxylic acids is 1. The van der Waals surface area contributed by atoms with Crippen molar-refractivity contribution in [3.05, 3.63) is 22.3 Å². The minimum atomic E-state index is -0.0122. The molecule has 0 aliphatic heterocycles. The van der Waals surface area contributed by atoms with Crippen LogP contribution in [0.15, 0.2) is 6.07 Å². The Balaban J connectivity index is 2.32. The van der Waals surface area contributed by atoms with Crippen LogP contribution in [0.2, 0.25) is 0 Å². The lowest BCUT2D eigenvalue weighted by Gasteiger charge is -2.16. The van der Waals surface area contributed by atoms with E-state index in [1.54, 1.807) is 4.90 Å². The summed E-state index contributed by atoms with van der Waals surface area (Å²) < 4.78 is 1.03. The molecule has 0 unspecified atom stereocenters. The Kier molecular flexibility index (Phi) is 4.80. The molecule has 2 rings (SSSR count). The largest absolute Gasteiger partial charge is 0.397 e. The van der Waals surface area contributed by atoms with Crippen molar-refractivity contribution in [2.24, 2.45) is 0 Å². The predicted octanol–water partition coefficient (Wildman–Crippen LogP) is 2.18. The normalized spacial score (nSPS) is 11.0. The Hall–Kier alpha value is -1.66. The van der Waals surface area contributed by atoms with E-state index in [1.165, 1.54) is 11.3 Å². The fraction of sp³-hybridized carbons (Fsp3) is 0.467. The Morgan fingerprint density at radius 3 is 2.86 bits per heavy atom. The number of anilines is 1. The summed E-state index contributed by atoms with van der Waals surface area (Å²) in [6.45, 7) is 5.49. The maximum Gasteiger partial charge on any atom is 0.265 e. The van der Waals surface area contributed by atoms with Crippen LogP contribution in [-0.4, -0.2) is 43.0 Å². The second-order valence-corrected chi connectivity index (χ2v) is 6.30. The number of nitrogens with one attached hydrogen (secondary N) is 1. The maximum absolute atomic E-state index is 12.5. The van der Waals surface area contributed by atoms with Gasteiger partial charge in [-0.3, -0.25) is 9.78 Å². The van der Waals surface area contributed by atoms with Crippen molar-refractivity contribution in [2.75, 3.05) is 32.9 Å². The van der Waals surface area contributed by atoms with Gasteiger partial charge in [-0.2, -0.15) is 0 Å². The minimum Gasteiger partial charge on any atom is -0.397 e.